The van der Waals surface area contributed by atoms with E-state index >= 15 is 0 Å². The van der Waals surface area contributed by atoms with E-state index < -0.39 is 0 Å². The molecule has 0 atom stereocenters. The lowest BCUT2D eigenvalue weighted by atomic mass is 9.90. The molecule has 0 aromatic carbocycles. The molecular formula is C18H19N7O. The summed E-state index contributed by atoms with van der Waals surface area (Å²) < 4.78 is 5.83. The van der Waals surface area contributed by atoms with Crippen molar-refractivity contribution >= 4 is 22.7 Å². The second-order valence-electron chi connectivity index (χ2n) is 6.45. The number of hydrogen-bond donors (Lipinski definition) is 2. The highest BCUT2D eigenvalue weighted by Gasteiger charge is 2.16. The molecule has 0 unspecified atom stereocenters. The number of H-pyrrole nitrogens is 1. The Kier molecular flexibility index (Phi) is 4.60. The number of aromatic amines is 1. The van der Waals surface area contributed by atoms with E-state index in [0.29, 0.717) is 24.2 Å². The van der Waals surface area contributed by atoms with Crippen LogP contribution in [0.15, 0.2) is 24.8 Å². The van der Waals surface area contributed by atoms with Gasteiger partial charge in [-0.1, -0.05) is 19.3 Å². The SMILES string of the molecule is N#Cc1ncc(Nc2cc3nc[nH]c3cn2)nc1OCC1CCCCC1. The van der Waals surface area contributed by atoms with Gasteiger partial charge in [-0.05, 0) is 18.8 Å². The first-order valence-corrected chi connectivity index (χ1v) is 8.78. The predicted octanol–water partition coefficient (Wildman–Crippen LogP) is 3.32. The summed E-state index contributed by atoms with van der Waals surface area (Å²) in [4.78, 5) is 20.1. The third kappa shape index (κ3) is 3.57. The minimum atomic E-state index is 0.196. The largest absolute Gasteiger partial charge is 0.475 e. The second-order valence-corrected chi connectivity index (χ2v) is 6.45. The van der Waals surface area contributed by atoms with Crippen LogP contribution in [0.5, 0.6) is 5.88 Å². The number of imidazole rings is 1. The molecule has 0 bridgehead atoms. The van der Waals surface area contributed by atoms with Gasteiger partial charge in [-0.3, -0.25) is 0 Å². The van der Waals surface area contributed by atoms with Crippen LogP contribution in [0.2, 0.25) is 0 Å². The van der Waals surface area contributed by atoms with Crippen molar-refractivity contribution in [3.63, 3.8) is 0 Å². The van der Waals surface area contributed by atoms with Crippen LogP contribution in [0, 0.1) is 17.2 Å². The van der Waals surface area contributed by atoms with Gasteiger partial charge in [0.15, 0.2) is 5.82 Å². The van der Waals surface area contributed by atoms with Gasteiger partial charge in [-0.15, -0.1) is 0 Å². The van der Waals surface area contributed by atoms with Crippen LogP contribution in [0.1, 0.15) is 37.8 Å². The van der Waals surface area contributed by atoms with Crippen molar-refractivity contribution in [1.82, 2.24) is 24.9 Å². The average molecular weight is 349 g/mol. The maximum absolute atomic E-state index is 9.25. The maximum atomic E-state index is 9.25. The fourth-order valence-corrected chi connectivity index (χ4v) is 3.19. The highest BCUT2D eigenvalue weighted by Crippen LogP contribution is 2.25. The standard InChI is InChI=1S/C18H19N7O/c19-7-14-18(26-10-12-4-2-1-3-5-12)25-17(9-20-14)24-16-6-13-15(8-21-16)23-11-22-13/h6,8-9,11-12H,1-5,10H2,(H,22,23)(H,21,24,25). The number of nitrogens with zero attached hydrogens (tertiary/aromatic N) is 5. The first kappa shape index (κ1) is 16.3. The number of anilines is 2. The van der Waals surface area contributed by atoms with Crippen LogP contribution in [0.25, 0.3) is 11.0 Å². The highest BCUT2D eigenvalue weighted by atomic mass is 16.5. The molecule has 8 nitrogen and oxygen atoms in total. The Bertz CT molecular complexity index is 940. The number of rotatable bonds is 5. The number of aromatic nitrogens is 5. The molecule has 26 heavy (non-hydrogen) atoms. The van der Waals surface area contributed by atoms with Crippen molar-refractivity contribution in [2.24, 2.45) is 5.92 Å². The van der Waals surface area contributed by atoms with Crippen molar-refractivity contribution in [3.05, 3.63) is 30.5 Å². The summed E-state index contributed by atoms with van der Waals surface area (Å²) in [6.45, 7) is 0.574. The van der Waals surface area contributed by atoms with Gasteiger partial charge in [0.05, 0.1) is 36.4 Å². The number of nitriles is 1. The number of hydrogen-bond acceptors (Lipinski definition) is 7. The number of fused-ring (bicyclic) bond motifs is 1. The van der Waals surface area contributed by atoms with E-state index in [1.807, 2.05) is 12.1 Å². The summed E-state index contributed by atoms with van der Waals surface area (Å²) in [5, 5.41) is 12.3. The van der Waals surface area contributed by atoms with Crippen molar-refractivity contribution < 1.29 is 4.74 Å². The predicted molar refractivity (Wildman–Crippen MR) is 96.0 cm³/mol. The van der Waals surface area contributed by atoms with Crippen LogP contribution >= 0.6 is 0 Å². The van der Waals surface area contributed by atoms with Crippen molar-refractivity contribution in [3.8, 4) is 11.9 Å². The van der Waals surface area contributed by atoms with Gasteiger partial charge in [0.1, 0.15) is 11.9 Å². The molecular weight excluding hydrogens is 330 g/mol. The van der Waals surface area contributed by atoms with Crippen LogP contribution in [-0.4, -0.2) is 31.5 Å². The van der Waals surface area contributed by atoms with Gasteiger partial charge in [0, 0.05) is 6.07 Å². The molecule has 1 saturated carbocycles. The lowest BCUT2D eigenvalue weighted by Crippen LogP contribution is -2.16. The second kappa shape index (κ2) is 7.35. The molecule has 0 radical (unpaired) electrons. The van der Waals surface area contributed by atoms with Crippen LogP contribution in [0.3, 0.4) is 0 Å². The van der Waals surface area contributed by atoms with Crippen molar-refractivity contribution in [2.75, 3.05) is 11.9 Å². The Labute approximate surface area is 150 Å². The Morgan fingerprint density at radius 2 is 2.04 bits per heavy atom. The highest BCUT2D eigenvalue weighted by molar-refractivity contribution is 5.77. The molecule has 8 heteroatoms. The fraction of sp³-hybridized carbons (Fsp3) is 0.389. The zero-order valence-electron chi connectivity index (χ0n) is 14.3. The van der Waals surface area contributed by atoms with E-state index in [0.717, 1.165) is 11.0 Å². The Morgan fingerprint density at radius 1 is 1.15 bits per heavy atom. The maximum Gasteiger partial charge on any atom is 0.253 e. The molecule has 0 aliphatic heterocycles. The summed E-state index contributed by atoms with van der Waals surface area (Å²) in [5.41, 5.74) is 1.86. The summed E-state index contributed by atoms with van der Waals surface area (Å²) in [7, 11) is 0. The molecule has 3 aromatic rings. The quantitative estimate of drug-likeness (QED) is 0.726. The summed E-state index contributed by atoms with van der Waals surface area (Å²) >= 11 is 0. The topological polar surface area (TPSA) is 112 Å². The van der Waals surface area contributed by atoms with Crippen LogP contribution < -0.4 is 10.1 Å². The van der Waals surface area contributed by atoms with Crippen molar-refractivity contribution in [1.29, 1.82) is 5.26 Å². The molecule has 0 amide bonds. The molecule has 1 fully saturated rings. The van der Waals surface area contributed by atoms with Gasteiger partial charge in [-0.2, -0.15) is 10.2 Å². The van der Waals surface area contributed by atoms with Crippen molar-refractivity contribution in [2.45, 2.75) is 32.1 Å². The molecule has 132 valence electrons. The van der Waals surface area contributed by atoms with Crippen LogP contribution in [-0.2, 0) is 0 Å². The number of pyridine rings is 1. The summed E-state index contributed by atoms with van der Waals surface area (Å²) in [6, 6.07) is 3.85. The van der Waals surface area contributed by atoms with E-state index in [1.165, 1.54) is 38.3 Å². The summed E-state index contributed by atoms with van der Waals surface area (Å²) in [5.74, 6) is 1.87. The zero-order valence-corrected chi connectivity index (χ0v) is 14.3. The molecule has 0 saturated heterocycles. The molecule has 3 aromatic heterocycles. The minimum absolute atomic E-state index is 0.196. The Balaban J connectivity index is 1.50. The first-order valence-electron chi connectivity index (χ1n) is 8.78. The normalized spacial score (nSPS) is 14.9. The van der Waals surface area contributed by atoms with Gasteiger partial charge in [0.2, 0.25) is 5.69 Å². The van der Waals surface area contributed by atoms with E-state index in [9.17, 15) is 5.26 Å². The summed E-state index contributed by atoms with van der Waals surface area (Å²) in [6.07, 6.45) is 10.9. The number of nitrogens with one attached hydrogen (secondary N) is 2. The van der Waals surface area contributed by atoms with E-state index in [-0.39, 0.29) is 11.6 Å². The van der Waals surface area contributed by atoms with E-state index in [1.54, 1.807) is 12.5 Å². The molecule has 3 heterocycles. The van der Waals surface area contributed by atoms with Crippen LogP contribution in [0.4, 0.5) is 11.6 Å². The zero-order chi connectivity index (χ0) is 17.8. The fourth-order valence-electron chi connectivity index (χ4n) is 3.19. The van der Waals surface area contributed by atoms with E-state index in [4.69, 9.17) is 4.74 Å². The number of ether oxygens (including phenoxy) is 1. The van der Waals surface area contributed by atoms with Gasteiger partial charge in [0.25, 0.3) is 5.88 Å². The third-order valence-corrected chi connectivity index (χ3v) is 4.59. The molecule has 1 aliphatic rings. The van der Waals surface area contributed by atoms with E-state index in [2.05, 4.69) is 30.2 Å². The average Bonchev–Trinajstić information content (AvgIpc) is 3.15. The van der Waals surface area contributed by atoms with Gasteiger partial charge >= 0.3 is 0 Å². The lowest BCUT2D eigenvalue weighted by Gasteiger charge is -2.21. The molecule has 4 rings (SSSR count). The smallest absolute Gasteiger partial charge is 0.253 e. The molecule has 2 N–H and O–H groups in total. The molecule has 0 spiro atoms. The third-order valence-electron chi connectivity index (χ3n) is 4.59. The van der Waals surface area contributed by atoms with Gasteiger partial charge in [-0.25, -0.2) is 15.0 Å². The Hall–Kier alpha value is -3.21. The van der Waals surface area contributed by atoms with Gasteiger partial charge < -0.3 is 15.0 Å². The first-order chi connectivity index (χ1) is 12.8. The minimum Gasteiger partial charge on any atom is -0.475 e. The molecule has 1 aliphatic carbocycles. The monoisotopic (exact) mass is 349 g/mol. The Morgan fingerprint density at radius 3 is 2.88 bits per heavy atom. The lowest BCUT2D eigenvalue weighted by molar-refractivity contribution is 0.202.